The number of hydrogen-bond donors (Lipinski definition) is 1. The Morgan fingerprint density at radius 2 is 2.00 bits per heavy atom. The van der Waals surface area contributed by atoms with E-state index in [0.29, 0.717) is 29.2 Å². The average Bonchev–Trinajstić information content (AvgIpc) is 3.18. The largest absolute Gasteiger partial charge is 0.436 e. The molecule has 1 fully saturated rings. The van der Waals surface area contributed by atoms with Gasteiger partial charge in [0.1, 0.15) is 5.52 Å². The van der Waals surface area contributed by atoms with Gasteiger partial charge in [-0.3, -0.25) is 9.59 Å². The number of oxazole rings is 1. The summed E-state index contributed by atoms with van der Waals surface area (Å²) in [6.07, 6.45) is 0.154. The van der Waals surface area contributed by atoms with Gasteiger partial charge >= 0.3 is 0 Å². The Morgan fingerprint density at radius 1 is 1.21 bits per heavy atom. The molecule has 0 radical (unpaired) electrons. The molecule has 2 amide bonds. The van der Waals surface area contributed by atoms with E-state index >= 15 is 0 Å². The van der Waals surface area contributed by atoms with E-state index in [4.69, 9.17) is 10.2 Å². The van der Waals surface area contributed by atoms with Gasteiger partial charge in [0.05, 0.1) is 5.92 Å². The number of aromatic nitrogens is 1. The highest BCUT2D eigenvalue weighted by Gasteiger charge is 2.34. The van der Waals surface area contributed by atoms with Crippen molar-refractivity contribution >= 4 is 28.6 Å². The Morgan fingerprint density at radius 3 is 2.71 bits per heavy atom. The third-order valence-corrected chi connectivity index (χ3v) is 4.23. The maximum Gasteiger partial charge on any atom is 0.227 e. The third-order valence-electron chi connectivity index (χ3n) is 4.23. The van der Waals surface area contributed by atoms with Crippen LogP contribution in [0.5, 0.6) is 0 Å². The van der Waals surface area contributed by atoms with E-state index in [9.17, 15) is 9.59 Å². The molecule has 1 aliphatic heterocycles. The molecule has 24 heavy (non-hydrogen) atoms. The molecule has 0 saturated carbocycles. The second kappa shape index (κ2) is 5.49. The third kappa shape index (κ3) is 2.42. The number of carbonyl (C=O) groups excluding carboxylic acids is 2. The number of amides is 2. The van der Waals surface area contributed by atoms with Crippen LogP contribution in [0.1, 0.15) is 6.42 Å². The van der Waals surface area contributed by atoms with Crippen molar-refractivity contribution in [3.05, 3.63) is 48.5 Å². The summed E-state index contributed by atoms with van der Waals surface area (Å²) >= 11 is 0. The van der Waals surface area contributed by atoms with E-state index in [-0.39, 0.29) is 12.3 Å². The fraction of sp³-hybridized carbons (Fsp3) is 0.167. The Bertz CT molecular complexity index is 933. The summed E-state index contributed by atoms with van der Waals surface area (Å²) in [5.74, 6) is -0.458. The van der Waals surface area contributed by atoms with Crippen molar-refractivity contribution < 1.29 is 14.0 Å². The number of nitrogens with zero attached hydrogens (tertiary/aromatic N) is 2. The van der Waals surface area contributed by atoms with Gasteiger partial charge in [-0.1, -0.05) is 18.2 Å². The number of fused-ring (bicyclic) bond motifs is 1. The summed E-state index contributed by atoms with van der Waals surface area (Å²) in [6.45, 7) is 0.309. The number of carbonyl (C=O) groups is 2. The molecule has 2 heterocycles. The number of nitrogens with two attached hydrogens (primary N) is 1. The number of anilines is 1. The zero-order valence-corrected chi connectivity index (χ0v) is 12.8. The molecule has 0 aliphatic carbocycles. The van der Waals surface area contributed by atoms with E-state index in [1.165, 1.54) is 0 Å². The topological polar surface area (TPSA) is 89.4 Å². The van der Waals surface area contributed by atoms with Crippen LogP contribution in [0.2, 0.25) is 0 Å². The zero-order chi connectivity index (χ0) is 16.7. The lowest BCUT2D eigenvalue weighted by molar-refractivity contribution is -0.123. The highest BCUT2D eigenvalue weighted by atomic mass is 16.3. The highest BCUT2D eigenvalue weighted by Crippen LogP contribution is 2.30. The lowest BCUT2D eigenvalue weighted by Crippen LogP contribution is -2.28. The average molecular weight is 321 g/mol. The summed E-state index contributed by atoms with van der Waals surface area (Å²) in [7, 11) is 0. The normalized spacial score (nSPS) is 17.6. The van der Waals surface area contributed by atoms with Gasteiger partial charge in [0, 0.05) is 24.2 Å². The highest BCUT2D eigenvalue weighted by molar-refractivity contribution is 6.01. The first kappa shape index (κ1) is 14.4. The number of primary amides is 1. The first-order valence-electron chi connectivity index (χ1n) is 7.67. The van der Waals surface area contributed by atoms with E-state index in [2.05, 4.69) is 4.98 Å². The maximum absolute atomic E-state index is 12.1. The quantitative estimate of drug-likeness (QED) is 0.801. The maximum atomic E-state index is 12.1. The molecule has 6 heteroatoms. The first-order valence-corrected chi connectivity index (χ1v) is 7.67. The molecule has 0 bridgehead atoms. The van der Waals surface area contributed by atoms with Crippen LogP contribution in [-0.4, -0.2) is 23.3 Å². The number of hydrogen-bond acceptors (Lipinski definition) is 4. The minimum absolute atomic E-state index is 0.107. The minimum atomic E-state index is -0.445. The SMILES string of the molecule is NC(=O)C1CC(=O)N(c2ccc3oc(-c4ccccc4)nc3c2)C1. The number of benzene rings is 2. The van der Waals surface area contributed by atoms with Crippen molar-refractivity contribution in [2.75, 3.05) is 11.4 Å². The number of rotatable bonds is 3. The smallest absolute Gasteiger partial charge is 0.227 e. The van der Waals surface area contributed by atoms with E-state index in [1.807, 2.05) is 30.3 Å². The molecule has 1 aromatic heterocycles. The summed E-state index contributed by atoms with van der Waals surface area (Å²) in [5.41, 5.74) is 8.22. The lowest BCUT2D eigenvalue weighted by atomic mass is 10.1. The van der Waals surface area contributed by atoms with Gasteiger partial charge in [-0.25, -0.2) is 4.98 Å². The zero-order valence-electron chi connectivity index (χ0n) is 12.8. The second-order valence-corrected chi connectivity index (χ2v) is 5.84. The summed E-state index contributed by atoms with van der Waals surface area (Å²) < 4.78 is 5.77. The molecular weight excluding hydrogens is 306 g/mol. The molecule has 1 aliphatic rings. The van der Waals surface area contributed by atoms with Crippen molar-refractivity contribution in [3.8, 4) is 11.5 Å². The second-order valence-electron chi connectivity index (χ2n) is 5.84. The molecule has 2 aromatic carbocycles. The van der Waals surface area contributed by atoms with Gasteiger partial charge in [0.2, 0.25) is 17.7 Å². The van der Waals surface area contributed by atoms with Crippen LogP contribution in [0.15, 0.2) is 52.9 Å². The van der Waals surface area contributed by atoms with Crippen molar-refractivity contribution in [2.24, 2.45) is 11.7 Å². The molecule has 4 rings (SSSR count). The minimum Gasteiger partial charge on any atom is -0.436 e. The fourth-order valence-electron chi connectivity index (χ4n) is 2.94. The molecule has 0 spiro atoms. The molecule has 3 aromatic rings. The van der Waals surface area contributed by atoms with Gasteiger partial charge < -0.3 is 15.1 Å². The summed E-state index contributed by atoms with van der Waals surface area (Å²) in [4.78, 5) is 29.5. The van der Waals surface area contributed by atoms with E-state index < -0.39 is 11.8 Å². The van der Waals surface area contributed by atoms with Crippen LogP contribution < -0.4 is 10.6 Å². The van der Waals surface area contributed by atoms with Crippen LogP contribution in [-0.2, 0) is 9.59 Å². The van der Waals surface area contributed by atoms with Crippen LogP contribution in [0.25, 0.3) is 22.6 Å². The van der Waals surface area contributed by atoms with Crippen LogP contribution in [0, 0.1) is 5.92 Å². The molecule has 120 valence electrons. The van der Waals surface area contributed by atoms with Crippen molar-refractivity contribution in [1.82, 2.24) is 4.98 Å². The Balaban J connectivity index is 1.69. The molecule has 6 nitrogen and oxygen atoms in total. The summed E-state index contributed by atoms with van der Waals surface area (Å²) in [5, 5.41) is 0. The molecule has 1 atom stereocenters. The van der Waals surface area contributed by atoms with Gasteiger partial charge in [-0.05, 0) is 30.3 Å². The first-order chi connectivity index (χ1) is 11.6. The van der Waals surface area contributed by atoms with Crippen LogP contribution in [0.3, 0.4) is 0 Å². The predicted octanol–water partition coefficient (Wildman–Crippen LogP) is 2.33. The monoisotopic (exact) mass is 321 g/mol. The predicted molar refractivity (Wildman–Crippen MR) is 89.1 cm³/mol. The van der Waals surface area contributed by atoms with E-state index in [1.54, 1.807) is 23.1 Å². The van der Waals surface area contributed by atoms with Gasteiger partial charge in [-0.2, -0.15) is 0 Å². The molecular formula is C18H15N3O3. The molecule has 1 saturated heterocycles. The Labute approximate surface area is 137 Å². The fourth-order valence-corrected chi connectivity index (χ4v) is 2.94. The van der Waals surface area contributed by atoms with Crippen LogP contribution >= 0.6 is 0 Å². The van der Waals surface area contributed by atoms with Crippen LogP contribution in [0.4, 0.5) is 5.69 Å². The van der Waals surface area contributed by atoms with Gasteiger partial charge in [0.15, 0.2) is 5.58 Å². The van der Waals surface area contributed by atoms with E-state index in [0.717, 1.165) is 5.56 Å². The molecule has 1 unspecified atom stereocenters. The van der Waals surface area contributed by atoms with Crippen molar-refractivity contribution in [3.63, 3.8) is 0 Å². The molecule has 2 N–H and O–H groups in total. The Hall–Kier alpha value is -3.15. The van der Waals surface area contributed by atoms with Gasteiger partial charge in [-0.15, -0.1) is 0 Å². The summed E-state index contributed by atoms with van der Waals surface area (Å²) in [6, 6.07) is 15.0. The Kier molecular flexibility index (Phi) is 3.30. The lowest BCUT2D eigenvalue weighted by Gasteiger charge is -2.15. The standard InChI is InChI=1S/C18H15N3O3/c19-17(23)12-8-16(22)21(10-12)13-6-7-15-14(9-13)20-18(24-15)11-4-2-1-3-5-11/h1-7,9,12H,8,10H2,(H2,19,23). The van der Waals surface area contributed by atoms with Gasteiger partial charge in [0.25, 0.3) is 0 Å². The van der Waals surface area contributed by atoms with Crippen molar-refractivity contribution in [2.45, 2.75) is 6.42 Å². The van der Waals surface area contributed by atoms with Crippen molar-refractivity contribution in [1.29, 1.82) is 0 Å².